The van der Waals surface area contributed by atoms with Crippen LogP contribution in [0.4, 0.5) is 0 Å². The number of halogens is 1. The van der Waals surface area contributed by atoms with Gasteiger partial charge < -0.3 is 0 Å². The first kappa shape index (κ1) is 13.4. The normalized spacial score (nSPS) is 10.6. The molecule has 5 heteroatoms. The van der Waals surface area contributed by atoms with Crippen LogP contribution < -0.4 is 5.56 Å². The van der Waals surface area contributed by atoms with Gasteiger partial charge in [-0.15, -0.1) is 11.8 Å². The summed E-state index contributed by atoms with van der Waals surface area (Å²) < 4.78 is 2.21. The van der Waals surface area contributed by atoms with E-state index in [1.54, 1.807) is 22.5 Å². The Morgan fingerprint density at radius 2 is 2.06 bits per heavy atom. The molecule has 2 rings (SSSR count). The van der Waals surface area contributed by atoms with Crippen LogP contribution in [-0.2, 0) is 6.54 Å². The van der Waals surface area contributed by atoms with Gasteiger partial charge in [0.15, 0.2) is 0 Å². The summed E-state index contributed by atoms with van der Waals surface area (Å²) in [7, 11) is 0. The molecule has 1 heterocycles. The number of benzene rings is 1. The Morgan fingerprint density at radius 1 is 1.33 bits per heavy atom. The molecule has 1 aromatic heterocycles. The molecular formula is C13H13BrN2OS. The van der Waals surface area contributed by atoms with E-state index < -0.39 is 0 Å². The van der Waals surface area contributed by atoms with Gasteiger partial charge >= 0.3 is 0 Å². The van der Waals surface area contributed by atoms with E-state index in [2.05, 4.69) is 33.0 Å². The number of aromatic nitrogens is 2. The van der Waals surface area contributed by atoms with Crippen molar-refractivity contribution >= 4 is 27.7 Å². The molecular weight excluding hydrogens is 312 g/mol. The molecule has 0 radical (unpaired) electrons. The highest BCUT2D eigenvalue weighted by Crippen LogP contribution is 2.17. The van der Waals surface area contributed by atoms with Crippen molar-refractivity contribution in [3.05, 3.63) is 57.2 Å². The Labute approximate surface area is 118 Å². The van der Waals surface area contributed by atoms with Crippen LogP contribution in [0, 0.1) is 6.92 Å². The van der Waals surface area contributed by atoms with Crippen LogP contribution in [0.5, 0.6) is 0 Å². The predicted octanol–water partition coefficient (Wildman–Crippen LogP) is 3.11. The molecule has 0 saturated carbocycles. The monoisotopic (exact) mass is 324 g/mol. The van der Waals surface area contributed by atoms with Crippen molar-refractivity contribution in [3.8, 4) is 0 Å². The third-order valence-corrected chi connectivity index (χ3v) is 4.07. The predicted molar refractivity (Wildman–Crippen MR) is 78.1 cm³/mol. The number of thioether (sulfide) groups is 1. The highest BCUT2D eigenvalue weighted by molar-refractivity contribution is 9.10. The molecule has 0 amide bonds. The molecule has 1 aromatic carbocycles. The maximum Gasteiger partial charge on any atom is 0.267 e. The van der Waals surface area contributed by atoms with E-state index >= 15 is 0 Å². The molecule has 0 unspecified atom stereocenters. The quantitative estimate of drug-likeness (QED) is 0.810. The van der Waals surface area contributed by atoms with E-state index in [1.165, 1.54) is 4.90 Å². The van der Waals surface area contributed by atoms with Gasteiger partial charge in [0.25, 0.3) is 5.56 Å². The van der Waals surface area contributed by atoms with Gasteiger partial charge in [0, 0.05) is 23.4 Å². The van der Waals surface area contributed by atoms with E-state index in [0.29, 0.717) is 11.0 Å². The first-order chi connectivity index (χ1) is 8.68. The molecule has 0 bridgehead atoms. The van der Waals surface area contributed by atoms with E-state index in [4.69, 9.17) is 0 Å². The molecule has 0 N–H and O–H groups in total. The van der Waals surface area contributed by atoms with Gasteiger partial charge in [-0.3, -0.25) is 9.36 Å². The van der Waals surface area contributed by atoms with Crippen molar-refractivity contribution in [1.29, 1.82) is 0 Å². The Kier molecular flexibility index (Phi) is 4.60. The number of nitrogens with zero attached hydrogens (tertiary/aromatic N) is 2. The summed E-state index contributed by atoms with van der Waals surface area (Å²) in [5, 5.41) is 0. The fourth-order valence-corrected chi connectivity index (χ4v) is 2.76. The second kappa shape index (κ2) is 6.20. The van der Waals surface area contributed by atoms with Gasteiger partial charge in [0.2, 0.25) is 0 Å². The molecule has 0 aliphatic heterocycles. The maximum atomic E-state index is 11.9. The largest absolute Gasteiger partial charge is 0.295 e. The van der Waals surface area contributed by atoms with E-state index in [9.17, 15) is 4.79 Å². The molecule has 94 valence electrons. The molecule has 0 spiro atoms. The number of hydrogen-bond acceptors (Lipinski definition) is 3. The van der Waals surface area contributed by atoms with E-state index in [0.717, 1.165) is 11.6 Å². The minimum absolute atomic E-state index is 0.0174. The summed E-state index contributed by atoms with van der Waals surface area (Å²) in [6.07, 6.45) is 1.55. The van der Waals surface area contributed by atoms with E-state index in [-0.39, 0.29) is 5.56 Å². The average Bonchev–Trinajstić information content (AvgIpc) is 2.39. The molecule has 0 fully saturated rings. The van der Waals surface area contributed by atoms with Gasteiger partial charge in [0.1, 0.15) is 10.3 Å². The lowest BCUT2D eigenvalue weighted by Crippen LogP contribution is -2.24. The molecule has 0 aliphatic carbocycles. The molecule has 2 aromatic rings. The highest BCUT2D eigenvalue weighted by atomic mass is 79.9. The zero-order chi connectivity index (χ0) is 13.0. The van der Waals surface area contributed by atoms with Gasteiger partial charge in [-0.1, -0.05) is 18.2 Å². The van der Waals surface area contributed by atoms with E-state index in [1.807, 2.05) is 25.1 Å². The maximum absolute atomic E-state index is 11.9. The van der Waals surface area contributed by atoms with Crippen molar-refractivity contribution in [3.63, 3.8) is 0 Å². The Hall–Kier alpha value is -1.07. The van der Waals surface area contributed by atoms with Crippen LogP contribution in [0.1, 0.15) is 5.82 Å². The second-order valence-corrected chi connectivity index (χ2v) is 5.79. The third-order valence-electron chi connectivity index (χ3n) is 2.53. The molecule has 18 heavy (non-hydrogen) atoms. The molecule has 0 aliphatic rings. The van der Waals surface area contributed by atoms with Crippen LogP contribution in [0.25, 0.3) is 0 Å². The van der Waals surface area contributed by atoms with Gasteiger partial charge in [0.05, 0.1) is 0 Å². The van der Waals surface area contributed by atoms with Crippen LogP contribution in [-0.4, -0.2) is 15.3 Å². The standard InChI is InChI=1S/C13H13BrN2OS/c1-10-15-9-12(14)13(17)16(10)7-8-18-11-5-3-2-4-6-11/h2-6,9H,7-8H2,1H3. The Morgan fingerprint density at radius 3 is 2.78 bits per heavy atom. The lowest BCUT2D eigenvalue weighted by molar-refractivity contribution is 0.676. The second-order valence-electron chi connectivity index (χ2n) is 3.77. The van der Waals surface area contributed by atoms with Crippen molar-refractivity contribution in [1.82, 2.24) is 9.55 Å². The molecule has 0 atom stereocenters. The lowest BCUT2D eigenvalue weighted by Gasteiger charge is -2.08. The number of rotatable bonds is 4. The lowest BCUT2D eigenvalue weighted by atomic mass is 10.4. The van der Waals surface area contributed by atoms with Crippen molar-refractivity contribution in [2.24, 2.45) is 0 Å². The van der Waals surface area contributed by atoms with Crippen molar-refractivity contribution < 1.29 is 0 Å². The fourth-order valence-electron chi connectivity index (χ4n) is 1.59. The van der Waals surface area contributed by atoms with Crippen molar-refractivity contribution in [2.75, 3.05) is 5.75 Å². The zero-order valence-corrected chi connectivity index (χ0v) is 12.4. The van der Waals surface area contributed by atoms with Crippen molar-refractivity contribution in [2.45, 2.75) is 18.4 Å². The van der Waals surface area contributed by atoms with Gasteiger partial charge in [-0.25, -0.2) is 4.98 Å². The summed E-state index contributed by atoms with van der Waals surface area (Å²) in [5.74, 6) is 1.60. The Balaban J connectivity index is 2.03. The van der Waals surface area contributed by atoms with Crippen LogP contribution in [0.3, 0.4) is 0 Å². The molecule has 0 saturated heterocycles. The topological polar surface area (TPSA) is 34.9 Å². The average molecular weight is 325 g/mol. The molecule has 3 nitrogen and oxygen atoms in total. The highest BCUT2D eigenvalue weighted by Gasteiger charge is 2.05. The Bertz CT molecular complexity index is 583. The number of hydrogen-bond donors (Lipinski definition) is 0. The third kappa shape index (κ3) is 3.23. The summed E-state index contributed by atoms with van der Waals surface area (Å²) in [6.45, 7) is 2.51. The van der Waals surface area contributed by atoms with Crippen LogP contribution >= 0.6 is 27.7 Å². The van der Waals surface area contributed by atoms with Crippen LogP contribution in [0.2, 0.25) is 0 Å². The zero-order valence-electron chi connectivity index (χ0n) is 9.97. The first-order valence-corrected chi connectivity index (χ1v) is 7.36. The van der Waals surface area contributed by atoms with Crippen LogP contribution in [0.15, 0.2) is 50.7 Å². The SMILES string of the molecule is Cc1ncc(Br)c(=O)n1CCSc1ccccc1. The number of aryl methyl sites for hydroxylation is 1. The smallest absolute Gasteiger partial charge is 0.267 e. The summed E-state index contributed by atoms with van der Waals surface area (Å²) in [5.41, 5.74) is -0.0174. The first-order valence-electron chi connectivity index (χ1n) is 5.58. The minimum atomic E-state index is -0.0174. The summed E-state index contributed by atoms with van der Waals surface area (Å²) >= 11 is 4.95. The summed E-state index contributed by atoms with van der Waals surface area (Å²) in [4.78, 5) is 17.3. The fraction of sp³-hybridized carbons (Fsp3) is 0.231. The summed E-state index contributed by atoms with van der Waals surface area (Å²) in [6, 6.07) is 10.2. The van der Waals surface area contributed by atoms with Gasteiger partial charge in [-0.05, 0) is 35.0 Å². The van der Waals surface area contributed by atoms with Gasteiger partial charge in [-0.2, -0.15) is 0 Å². The minimum Gasteiger partial charge on any atom is -0.295 e.